The highest BCUT2D eigenvalue weighted by Gasteiger charge is 2.28. The molecule has 0 radical (unpaired) electrons. The number of carbonyl (C=O) groups excluding carboxylic acids is 2. The molecule has 1 aromatic carbocycles. The number of phenolic OH excluding ortho intramolecular Hbond substituents is 1. The number of hydrogen-bond donors (Lipinski definition) is 3. The Morgan fingerprint density at radius 3 is 2.50 bits per heavy atom. The van der Waals surface area contributed by atoms with E-state index in [0.29, 0.717) is 55.0 Å². The van der Waals surface area contributed by atoms with Crippen molar-refractivity contribution in [3.05, 3.63) is 23.2 Å². The van der Waals surface area contributed by atoms with Gasteiger partial charge in [-0.25, -0.2) is 4.79 Å². The van der Waals surface area contributed by atoms with Crippen LogP contribution in [0.3, 0.4) is 0 Å². The third kappa shape index (κ3) is 6.25. The van der Waals surface area contributed by atoms with Gasteiger partial charge in [0.25, 0.3) is 0 Å². The van der Waals surface area contributed by atoms with Crippen LogP contribution in [0.2, 0.25) is 5.02 Å². The molecule has 2 heterocycles. The molecule has 2 fully saturated rings. The quantitative estimate of drug-likeness (QED) is 0.617. The SMILES string of the molecule is CC1CC(C)CN(CCNC(=O)N2CCC(C(=O)Nc3cc(Cl)ccc3O)CC2)C1. The number of rotatable bonds is 5. The number of halogens is 1. The molecule has 0 bridgehead atoms. The molecule has 3 rings (SSSR count). The van der Waals surface area contributed by atoms with Crippen molar-refractivity contribution in [2.24, 2.45) is 17.8 Å². The summed E-state index contributed by atoms with van der Waals surface area (Å²) < 4.78 is 0. The van der Waals surface area contributed by atoms with Gasteiger partial charge in [-0.3, -0.25) is 4.79 Å². The number of amides is 3. The summed E-state index contributed by atoms with van der Waals surface area (Å²) in [6.45, 7) is 9.39. The second-order valence-electron chi connectivity index (χ2n) is 8.85. The summed E-state index contributed by atoms with van der Waals surface area (Å²) in [4.78, 5) is 29.2. The van der Waals surface area contributed by atoms with Gasteiger partial charge in [0.15, 0.2) is 0 Å². The zero-order valence-corrected chi connectivity index (χ0v) is 18.6. The first-order valence-electron chi connectivity index (χ1n) is 10.9. The van der Waals surface area contributed by atoms with Crippen molar-refractivity contribution in [1.29, 1.82) is 0 Å². The van der Waals surface area contributed by atoms with Crippen LogP contribution in [0.4, 0.5) is 10.5 Å². The van der Waals surface area contributed by atoms with Gasteiger partial charge in [0, 0.05) is 50.2 Å². The summed E-state index contributed by atoms with van der Waals surface area (Å²) >= 11 is 5.93. The Bertz CT molecular complexity index is 742. The molecule has 8 heteroatoms. The number of carbonyl (C=O) groups is 2. The number of hydrogen-bond acceptors (Lipinski definition) is 4. The molecule has 2 unspecified atom stereocenters. The molecule has 1 aromatic rings. The highest BCUT2D eigenvalue weighted by molar-refractivity contribution is 6.31. The number of piperidine rings is 2. The molecule has 3 amide bonds. The summed E-state index contributed by atoms with van der Waals surface area (Å²) in [7, 11) is 0. The van der Waals surface area contributed by atoms with Gasteiger partial charge in [0.2, 0.25) is 5.91 Å². The predicted octanol–water partition coefficient (Wildman–Crippen LogP) is 3.38. The molecule has 0 aromatic heterocycles. The first-order chi connectivity index (χ1) is 14.3. The molecular formula is C22H33ClN4O3. The molecule has 30 heavy (non-hydrogen) atoms. The lowest BCUT2D eigenvalue weighted by atomic mass is 9.92. The van der Waals surface area contributed by atoms with Gasteiger partial charge in [0.05, 0.1) is 5.69 Å². The molecule has 166 valence electrons. The van der Waals surface area contributed by atoms with E-state index >= 15 is 0 Å². The molecule has 0 spiro atoms. The number of phenols is 1. The van der Waals surface area contributed by atoms with Crippen molar-refractivity contribution < 1.29 is 14.7 Å². The lowest BCUT2D eigenvalue weighted by Crippen LogP contribution is -2.48. The molecule has 0 aliphatic carbocycles. The minimum atomic E-state index is -0.191. The fraction of sp³-hybridized carbons (Fsp3) is 0.636. The molecular weight excluding hydrogens is 404 g/mol. The van der Waals surface area contributed by atoms with Crippen LogP contribution in [-0.2, 0) is 4.79 Å². The lowest BCUT2D eigenvalue weighted by molar-refractivity contribution is -0.121. The standard InChI is InChI=1S/C22H33ClN4O3/c1-15-11-16(2)14-26(13-15)10-7-24-22(30)27-8-5-17(6-9-27)21(29)25-19-12-18(23)3-4-20(19)28/h3-4,12,15-17,28H,5-11,13-14H2,1-2H3,(H,24,30)(H,25,29). The van der Waals surface area contributed by atoms with Crippen LogP contribution >= 0.6 is 11.6 Å². The van der Waals surface area contributed by atoms with E-state index in [9.17, 15) is 14.7 Å². The molecule has 2 aliphatic rings. The van der Waals surface area contributed by atoms with E-state index in [1.807, 2.05) is 0 Å². The van der Waals surface area contributed by atoms with Crippen molar-refractivity contribution in [1.82, 2.24) is 15.1 Å². The van der Waals surface area contributed by atoms with Gasteiger partial charge in [0.1, 0.15) is 5.75 Å². The van der Waals surface area contributed by atoms with Crippen molar-refractivity contribution in [3.63, 3.8) is 0 Å². The zero-order valence-electron chi connectivity index (χ0n) is 17.9. The van der Waals surface area contributed by atoms with E-state index in [2.05, 4.69) is 29.4 Å². The minimum absolute atomic E-state index is 0.0120. The van der Waals surface area contributed by atoms with Crippen LogP contribution < -0.4 is 10.6 Å². The minimum Gasteiger partial charge on any atom is -0.506 e. The van der Waals surface area contributed by atoms with E-state index in [1.54, 1.807) is 11.0 Å². The summed E-state index contributed by atoms with van der Waals surface area (Å²) in [6, 6.07) is 4.49. The van der Waals surface area contributed by atoms with E-state index in [4.69, 9.17) is 11.6 Å². The highest BCUT2D eigenvalue weighted by atomic mass is 35.5. The van der Waals surface area contributed by atoms with Crippen LogP contribution in [0.1, 0.15) is 33.1 Å². The fourth-order valence-electron chi connectivity index (χ4n) is 4.60. The third-order valence-electron chi connectivity index (χ3n) is 6.02. The van der Waals surface area contributed by atoms with Gasteiger partial charge < -0.3 is 25.5 Å². The van der Waals surface area contributed by atoms with Gasteiger partial charge in [-0.2, -0.15) is 0 Å². The van der Waals surface area contributed by atoms with Crippen molar-refractivity contribution in [2.45, 2.75) is 33.1 Å². The Kier molecular flexibility index (Phi) is 7.83. The Morgan fingerprint density at radius 1 is 1.17 bits per heavy atom. The van der Waals surface area contributed by atoms with Crippen LogP contribution in [-0.4, -0.2) is 66.1 Å². The van der Waals surface area contributed by atoms with Crippen molar-refractivity contribution in [2.75, 3.05) is 44.6 Å². The van der Waals surface area contributed by atoms with E-state index in [0.717, 1.165) is 19.6 Å². The maximum atomic E-state index is 12.5. The van der Waals surface area contributed by atoms with Crippen LogP contribution in [0.5, 0.6) is 5.75 Å². The molecule has 2 aliphatic heterocycles. The number of nitrogens with one attached hydrogen (secondary N) is 2. The topological polar surface area (TPSA) is 84.9 Å². The molecule has 0 saturated carbocycles. The first kappa shape index (κ1) is 22.7. The number of nitrogens with zero attached hydrogens (tertiary/aromatic N) is 2. The van der Waals surface area contributed by atoms with Crippen LogP contribution in [0.25, 0.3) is 0 Å². The highest BCUT2D eigenvalue weighted by Crippen LogP contribution is 2.28. The predicted molar refractivity (Wildman–Crippen MR) is 119 cm³/mol. The van der Waals surface area contributed by atoms with Crippen molar-refractivity contribution >= 4 is 29.2 Å². The molecule has 7 nitrogen and oxygen atoms in total. The lowest BCUT2D eigenvalue weighted by Gasteiger charge is -2.35. The van der Waals surface area contributed by atoms with Gasteiger partial charge >= 0.3 is 6.03 Å². The largest absolute Gasteiger partial charge is 0.506 e. The van der Waals surface area contributed by atoms with E-state index in [-0.39, 0.29) is 23.6 Å². The number of urea groups is 1. The van der Waals surface area contributed by atoms with Gasteiger partial charge in [-0.05, 0) is 49.3 Å². The summed E-state index contributed by atoms with van der Waals surface area (Å²) in [6.07, 6.45) is 2.48. The Balaban J connectivity index is 1.38. The Hall–Kier alpha value is -1.99. The molecule has 3 N–H and O–H groups in total. The maximum absolute atomic E-state index is 12.5. The second kappa shape index (κ2) is 10.4. The number of anilines is 1. The maximum Gasteiger partial charge on any atom is 0.317 e. The van der Waals surface area contributed by atoms with Gasteiger partial charge in [-0.1, -0.05) is 25.4 Å². The summed E-state index contributed by atoms with van der Waals surface area (Å²) in [5, 5.41) is 16.1. The average molecular weight is 437 g/mol. The summed E-state index contributed by atoms with van der Waals surface area (Å²) in [5.41, 5.74) is 0.314. The molecule has 2 atom stereocenters. The Labute approximate surface area is 183 Å². The third-order valence-corrected chi connectivity index (χ3v) is 6.25. The summed E-state index contributed by atoms with van der Waals surface area (Å²) in [5.74, 6) is 1.07. The number of benzene rings is 1. The van der Waals surface area contributed by atoms with Crippen molar-refractivity contribution in [3.8, 4) is 5.75 Å². The van der Waals surface area contributed by atoms with E-state index in [1.165, 1.54) is 18.6 Å². The van der Waals surface area contributed by atoms with E-state index < -0.39 is 0 Å². The average Bonchev–Trinajstić information content (AvgIpc) is 2.70. The Morgan fingerprint density at radius 2 is 1.83 bits per heavy atom. The smallest absolute Gasteiger partial charge is 0.317 e. The molecule has 2 saturated heterocycles. The van der Waals surface area contributed by atoms with Crippen LogP contribution in [0.15, 0.2) is 18.2 Å². The first-order valence-corrected chi connectivity index (χ1v) is 11.2. The number of likely N-dealkylation sites (tertiary alicyclic amines) is 2. The second-order valence-corrected chi connectivity index (χ2v) is 9.29. The number of aromatic hydroxyl groups is 1. The van der Waals surface area contributed by atoms with Gasteiger partial charge in [-0.15, -0.1) is 0 Å². The van der Waals surface area contributed by atoms with Crippen LogP contribution in [0, 0.1) is 17.8 Å². The monoisotopic (exact) mass is 436 g/mol. The zero-order chi connectivity index (χ0) is 21.7. The fourth-order valence-corrected chi connectivity index (χ4v) is 4.77. The normalized spacial score (nSPS) is 23.2.